The van der Waals surface area contributed by atoms with Crippen LogP contribution in [-0.2, 0) is 16.0 Å². The van der Waals surface area contributed by atoms with Gasteiger partial charge in [0, 0.05) is 0 Å². The van der Waals surface area contributed by atoms with E-state index in [1.165, 1.54) is 11.1 Å². The molecule has 1 atom stereocenters. The first kappa shape index (κ1) is 17.2. The Labute approximate surface area is 126 Å². The molecule has 0 aromatic heterocycles. The lowest BCUT2D eigenvalue weighted by Crippen LogP contribution is -2.49. The van der Waals surface area contributed by atoms with E-state index in [0.717, 1.165) is 12.7 Å². The van der Waals surface area contributed by atoms with Crippen molar-refractivity contribution in [2.24, 2.45) is 0 Å². The molecule has 0 fully saturated rings. The van der Waals surface area contributed by atoms with Crippen LogP contribution in [0.3, 0.4) is 0 Å². The molecular formula is C17H25NO3. The highest BCUT2D eigenvalue weighted by molar-refractivity contribution is 5.76. The zero-order valence-corrected chi connectivity index (χ0v) is 13.5. The fourth-order valence-corrected chi connectivity index (χ4v) is 1.97. The summed E-state index contributed by atoms with van der Waals surface area (Å²) >= 11 is 0. The van der Waals surface area contributed by atoms with Gasteiger partial charge in [-0.3, -0.25) is 0 Å². The Morgan fingerprint density at radius 3 is 2.38 bits per heavy atom. The molecule has 0 saturated carbocycles. The number of aryl methyl sites for hydroxylation is 2. The normalized spacial score (nSPS) is 14.1. The molecule has 21 heavy (non-hydrogen) atoms. The highest BCUT2D eigenvalue weighted by Gasteiger charge is 2.28. The topological polar surface area (TPSA) is 55.4 Å². The number of carbonyl (C=O) groups excluding carboxylic acids is 2. The minimum absolute atomic E-state index is 0.528. The smallest absolute Gasteiger partial charge is 0.408 e. The number of hydrogen-bond donors (Lipinski definition) is 1. The van der Waals surface area contributed by atoms with Crippen molar-refractivity contribution >= 4 is 12.4 Å². The van der Waals surface area contributed by atoms with Crippen LogP contribution in [-0.4, -0.2) is 23.5 Å². The van der Waals surface area contributed by atoms with Gasteiger partial charge in [0.25, 0.3) is 0 Å². The Bertz CT molecular complexity index is 505. The van der Waals surface area contributed by atoms with Gasteiger partial charge in [0.15, 0.2) is 0 Å². The second-order valence-corrected chi connectivity index (χ2v) is 6.59. The molecule has 4 nitrogen and oxygen atoms in total. The Balaban J connectivity index is 2.66. The van der Waals surface area contributed by atoms with Crippen molar-refractivity contribution in [1.82, 2.24) is 5.32 Å². The van der Waals surface area contributed by atoms with Crippen LogP contribution < -0.4 is 5.32 Å². The van der Waals surface area contributed by atoms with Crippen molar-refractivity contribution in [3.05, 3.63) is 35.4 Å². The molecule has 116 valence electrons. The van der Waals surface area contributed by atoms with Crippen LogP contribution in [0.15, 0.2) is 24.3 Å². The van der Waals surface area contributed by atoms with Crippen LogP contribution in [0, 0.1) is 6.92 Å². The summed E-state index contributed by atoms with van der Waals surface area (Å²) < 4.78 is 5.20. The molecule has 0 spiro atoms. The summed E-state index contributed by atoms with van der Waals surface area (Å²) in [5.74, 6) is 0. The van der Waals surface area contributed by atoms with Gasteiger partial charge >= 0.3 is 6.09 Å². The quantitative estimate of drug-likeness (QED) is 0.846. The van der Waals surface area contributed by atoms with Gasteiger partial charge in [-0.15, -0.1) is 0 Å². The molecule has 0 radical (unpaired) electrons. The van der Waals surface area contributed by atoms with Gasteiger partial charge in [-0.05, 0) is 58.6 Å². The SMILES string of the molecule is Cc1ccccc1CCC(C)(C=O)NC(=O)OC(C)(C)C. The number of carbonyl (C=O) groups is 2. The van der Waals surface area contributed by atoms with Crippen LogP contribution in [0.2, 0.25) is 0 Å². The lowest BCUT2D eigenvalue weighted by atomic mass is 9.93. The summed E-state index contributed by atoms with van der Waals surface area (Å²) in [6.07, 6.45) is 1.45. The predicted molar refractivity (Wildman–Crippen MR) is 83.3 cm³/mol. The third kappa shape index (κ3) is 5.98. The molecular weight excluding hydrogens is 266 g/mol. The molecule has 4 heteroatoms. The molecule has 1 N–H and O–H groups in total. The van der Waals surface area contributed by atoms with Crippen molar-refractivity contribution in [1.29, 1.82) is 0 Å². The Hall–Kier alpha value is -1.84. The van der Waals surface area contributed by atoms with Gasteiger partial charge < -0.3 is 14.8 Å². The van der Waals surface area contributed by atoms with Gasteiger partial charge in [0.2, 0.25) is 0 Å². The molecule has 1 amide bonds. The van der Waals surface area contributed by atoms with E-state index in [1.807, 2.05) is 31.2 Å². The van der Waals surface area contributed by atoms with E-state index in [-0.39, 0.29) is 0 Å². The third-order valence-corrected chi connectivity index (χ3v) is 3.22. The molecule has 1 unspecified atom stereocenters. The van der Waals surface area contributed by atoms with E-state index >= 15 is 0 Å². The maximum atomic E-state index is 11.8. The predicted octanol–water partition coefficient (Wildman–Crippen LogP) is 3.41. The van der Waals surface area contributed by atoms with E-state index in [0.29, 0.717) is 6.42 Å². The first-order valence-corrected chi connectivity index (χ1v) is 7.17. The largest absolute Gasteiger partial charge is 0.444 e. The first-order chi connectivity index (χ1) is 9.65. The minimum Gasteiger partial charge on any atom is -0.444 e. The van der Waals surface area contributed by atoms with Crippen LogP contribution in [0.25, 0.3) is 0 Å². The standard InChI is InChI=1S/C17H25NO3/c1-13-8-6-7-9-14(13)10-11-17(5,12-19)18-15(20)21-16(2,3)4/h6-9,12H,10-11H2,1-5H3,(H,18,20). The number of rotatable bonds is 5. The second-order valence-electron chi connectivity index (χ2n) is 6.59. The Morgan fingerprint density at radius 1 is 1.24 bits per heavy atom. The van der Waals surface area contributed by atoms with Gasteiger partial charge in [-0.25, -0.2) is 4.79 Å². The number of ether oxygens (including phenoxy) is 1. The molecule has 0 saturated heterocycles. The van der Waals surface area contributed by atoms with Crippen molar-refractivity contribution in [3.8, 4) is 0 Å². The van der Waals surface area contributed by atoms with Gasteiger partial charge in [0.1, 0.15) is 11.9 Å². The van der Waals surface area contributed by atoms with Gasteiger partial charge in [0.05, 0.1) is 5.54 Å². The fraction of sp³-hybridized carbons (Fsp3) is 0.529. The van der Waals surface area contributed by atoms with Crippen LogP contribution in [0.4, 0.5) is 4.79 Å². The third-order valence-electron chi connectivity index (χ3n) is 3.22. The summed E-state index contributed by atoms with van der Waals surface area (Å²) in [5.41, 5.74) is 0.855. The monoisotopic (exact) mass is 291 g/mol. The molecule has 0 aliphatic carbocycles. The average molecular weight is 291 g/mol. The summed E-state index contributed by atoms with van der Waals surface area (Å²) in [6.45, 7) is 9.12. The Kier molecular flexibility index (Phi) is 5.53. The number of alkyl carbamates (subject to hydrolysis) is 1. The first-order valence-electron chi connectivity index (χ1n) is 7.17. The molecule has 1 aromatic carbocycles. The minimum atomic E-state index is -0.926. The Morgan fingerprint density at radius 2 is 1.86 bits per heavy atom. The molecule has 0 aliphatic rings. The summed E-state index contributed by atoms with van der Waals surface area (Å²) in [5, 5.41) is 2.66. The number of aldehydes is 1. The van der Waals surface area contributed by atoms with Crippen molar-refractivity contribution in [2.75, 3.05) is 0 Å². The number of amides is 1. The maximum absolute atomic E-state index is 11.8. The van der Waals surface area contributed by atoms with Gasteiger partial charge in [-0.2, -0.15) is 0 Å². The molecule has 0 heterocycles. The highest BCUT2D eigenvalue weighted by Crippen LogP contribution is 2.16. The van der Waals surface area contributed by atoms with Crippen LogP contribution in [0.5, 0.6) is 0 Å². The van der Waals surface area contributed by atoms with E-state index in [2.05, 4.69) is 5.32 Å². The second kappa shape index (κ2) is 6.74. The zero-order chi connectivity index (χ0) is 16.1. The summed E-state index contributed by atoms with van der Waals surface area (Å²) in [6, 6.07) is 8.03. The molecule has 0 bridgehead atoms. The average Bonchev–Trinajstić information content (AvgIpc) is 2.35. The van der Waals surface area contributed by atoms with E-state index in [9.17, 15) is 9.59 Å². The fourth-order valence-electron chi connectivity index (χ4n) is 1.97. The number of benzene rings is 1. The molecule has 1 rings (SSSR count). The number of nitrogens with one attached hydrogen (secondary N) is 1. The molecule has 0 aliphatic heterocycles. The lowest BCUT2D eigenvalue weighted by Gasteiger charge is -2.27. The van der Waals surface area contributed by atoms with Crippen LogP contribution >= 0.6 is 0 Å². The number of hydrogen-bond acceptors (Lipinski definition) is 3. The zero-order valence-electron chi connectivity index (χ0n) is 13.5. The van der Waals surface area contributed by atoms with Crippen molar-refractivity contribution in [2.45, 2.75) is 58.6 Å². The lowest BCUT2D eigenvalue weighted by molar-refractivity contribution is -0.113. The van der Waals surface area contributed by atoms with Crippen molar-refractivity contribution in [3.63, 3.8) is 0 Å². The molecule has 1 aromatic rings. The maximum Gasteiger partial charge on any atom is 0.408 e. The van der Waals surface area contributed by atoms with E-state index < -0.39 is 17.2 Å². The summed E-state index contributed by atoms with van der Waals surface area (Å²) in [7, 11) is 0. The van der Waals surface area contributed by atoms with Crippen LogP contribution in [0.1, 0.15) is 45.2 Å². The van der Waals surface area contributed by atoms with Gasteiger partial charge in [-0.1, -0.05) is 24.3 Å². The van der Waals surface area contributed by atoms with Crippen molar-refractivity contribution < 1.29 is 14.3 Å². The highest BCUT2D eigenvalue weighted by atomic mass is 16.6. The van der Waals surface area contributed by atoms with E-state index in [1.54, 1.807) is 27.7 Å². The van der Waals surface area contributed by atoms with E-state index in [4.69, 9.17) is 4.74 Å². The summed E-state index contributed by atoms with van der Waals surface area (Å²) in [4.78, 5) is 23.2.